The largest absolute Gasteiger partial charge is 0.416 e. The minimum Gasteiger partial charge on any atom is -0.327 e. The zero-order chi connectivity index (χ0) is 25.4. The molecule has 2 aromatic carbocycles. The lowest BCUT2D eigenvalue weighted by Crippen LogP contribution is -2.14. The van der Waals surface area contributed by atoms with Crippen molar-refractivity contribution in [3.05, 3.63) is 69.7 Å². The van der Waals surface area contributed by atoms with E-state index in [1.165, 1.54) is 18.3 Å². The summed E-state index contributed by atoms with van der Waals surface area (Å²) in [6, 6.07) is 11.2. The number of nitrogens with one attached hydrogen (secondary N) is 1. The van der Waals surface area contributed by atoms with Gasteiger partial charge in [0.05, 0.1) is 16.8 Å². The summed E-state index contributed by atoms with van der Waals surface area (Å²) in [5.41, 5.74) is 1.62. The van der Waals surface area contributed by atoms with Gasteiger partial charge in [-0.15, -0.1) is 21.5 Å². The average molecular weight is 549 g/mol. The molecule has 184 valence electrons. The van der Waals surface area contributed by atoms with Crippen molar-refractivity contribution in [1.82, 2.24) is 24.7 Å². The summed E-state index contributed by atoms with van der Waals surface area (Å²) in [6.07, 6.45) is -3.07. The number of amides is 1. The number of carbonyl (C=O) groups is 1. The molecule has 0 spiro atoms. The molecule has 3 heterocycles. The highest BCUT2D eigenvalue weighted by atomic mass is 35.5. The number of aromatic nitrogens is 5. The van der Waals surface area contributed by atoms with E-state index in [0.29, 0.717) is 21.2 Å². The summed E-state index contributed by atoms with van der Waals surface area (Å²) in [5, 5.41) is 12.9. The quantitative estimate of drug-likeness (QED) is 0.263. The first-order valence-corrected chi connectivity index (χ1v) is 12.7. The van der Waals surface area contributed by atoms with Crippen LogP contribution in [0.3, 0.4) is 0 Å². The van der Waals surface area contributed by atoms with Crippen LogP contribution in [0.5, 0.6) is 0 Å². The van der Waals surface area contributed by atoms with E-state index < -0.39 is 11.7 Å². The molecule has 5 rings (SSSR count). The number of anilines is 1. The number of hydrogen-bond acceptors (Lipinski definition) is 7. The van der Waals surface area contributed by atoms with Crippen LogP contribution >= 0.6 is 34.7 Å². The second-order valence-electron chi connectivity index (χ2n) is 7.79. The van der Waals surface area contributed by atoms with Crippen LogP contribution in [0.2, 0.25) is 5.02 Å². The van der Waals surface area contributed by atoms with Crippen molar-refractivity contribution in [3.63, 3.8) is 0 Å². The fourth-order valence-electron chi connectivity index (χ4n) is 3.76. The Morgan fingerprint density at radius 1 is 1.19 bits per heavy atom. The van der Waals surface area contributed by atoms with E-state index in [9.17, 15) is 18.0 Å². The summed E-state index contributed by atoms with van der Waals surface area (Å²) in [7, 11) is 1.89. The lowest BCUT2D eigenvalue weighted by molar-refractivity contribution is -0.138. The predicted molar refractivity (Wildman–Crippen MR) is 135 cm³/mol. The van der Waals surface area contributed by atoms with Crippen LogP contribution in [0.1, 0.15) is 16.0 Å². The van der Waals surface area contributed by atoms with Gasteiger partial charge in [0.1, 0.15) is 5.52 Å². The molecule has 0 fully saturated rings. The van der Waals surface area contributed by atoms with Crippen LogP contribution in [-0.2, 0) is 24.4 Å². The van der Waals surface area contributed by atoms with Gasteiger partial charge in [0, 0.05) is 35.0 Å². The first-order chi connectivity index (χ1) is 17.2. The molecule has 0 saturated heterocycles. The monoisotopic (exact) mass is 548 g/mol. The molecule has 0 bridgehead atoms. The molecule has 0 atom stereocenters. The van der Waals surface area contributed by atoms with E-state index in [4.69, 9.17) is 11.6 Å². The molecule has 1 N–H and O–H groups in total. The number of fused-ring (bicyclic) bond motifs is 3. The third-order valence-corrected chi connectivity index (χ3v) is 7.34. The molecular weight excluding hydrogens is 533 g/mol. The minimum atomic E-state index is -4.50. The Labute approximate surface area is 215 Å². The SMILES string of the molecule is Cn1c2ccccc2c2nnc(SCC(=O)Nc3ncc(Cc4cc(Cl)ccc4C(F)(F)F)s3)nc21. The number of rotatable bonds is 6. The molecule has 13 heteroatoms. The maximum Gasteiger partial charge on any atom is 0.416 e. The number of carbonyl (C=O) groups excluding carboxylic acids is 1. The van der Waals surface area contributed by atoms with E-state index >= 15 is 0 Å². The zero-order valence-corrected chi connectivity index (χ0v) is 20.9. The fraction of sp³-hybridized carbons (Fsp3) is 0.174. The number of thiazole rings is 1. The Balaban J connectivity index is 1.24. The normalized spacial score (nSPS) is 11.9. The number of para-hydroxylation sites is 1. The first-order valence-electron chi connectivity index (χ1n) is 10.5. The minimum absolute atomic E-state index is 0.0117. The van der Waals surface area contributed by atoms with E-state index in [1.54, 1.807) is 0 Å². The standard InChI is InChI=1S/C23H16ClF3N6OS2/c1-33-17-5-3-2-4-15(17)19-20(33)30-22(32-31-19)35-11-18(34)29-21-28-10-14(36-21)9-12-8-13(24)6-7-16(12)23(25,26)27/h2-8,10H,9,11H2,1H3,(H,28,29,34). The van der Waals surface area contributed by atoms with Crippen molar-refractivity contribution in [3.8, 4) is 0 Å². The van der Waals surface area contributed by atoms with Gasteiger partial charge in [0.2, 0.25) is 11.1 Å². The molecule has 7 nitrogen and oxygen atoms in total. The van der Waals surface area contributed by atoms with Crippen molar-refractivity contribution < 1.29 is 18.0 Å². The Hall–Kier alpha value is -3.22. The lowest BCUT2D eigenvalue weighted by Gasteiger charge is -2.12. The van der Waals surface area contributed by atoms with Gasteiger partial charge in [-0.25, -0.2) is 9.97 Å². The maximum atomic E-state index is 13.3. The molecule has 0 radical (unpaired) electrons. The number of thioether (sulfide) groups is 1. The Kier molecular flexibility index (Phi) is 6.58. The summed E-state index contributed by atoms with van der Waals surface area (Å²) < 4.78 is 41.9. The molecular formula is C23H16ClF3N6OS2. The van der Waals surface area contributed by atoms with Gasteiger partial charge >= 0.3 is 6.18 Å². The van der Waals surface area contributed by atoms with E-state index in [1.807, 2.05) is 35.9 Å². The topological polar surface area (TPSA) is 85.6 Å². The molecule has 0 aliphatic rings. The lowest BCUT2D eigenvalue weighted by atomic mass is 10.0. The summed E-state index contributed by atoms with van der Waals surface area (Å²) in [6.45, 7) is 0. The van der Waals surface area contributed by atoms with E-state index in [0.717, 1.165) is 40.1 Å². The van der Waals surface area contributed by atoms with Gasteiger partial charge < -0.3 is 9.88 Å². The molecule has 3 aromatic heterocycles. The van der Waals surface area contributed by atoms with E-state index in [-0.39, 0.29) is 33.8 Å². The number of hydrogen-bond donors (Lipinski definition) is 1. The van der Waals surface area contributed by atoms with Crippen LogP contribution in [-0.4, -0.2) is 36.4 Å². The molecule has 0 saturated carbocycles. The van der Waals surface area contributed by atoms with Gasteiger partial charge in [0.25, 0.3) is 0 Å². The predicted octanol–water partition coefficient (Wildman–Crippen LogP) is 5.97. The zero-order valence-electron chi connectivity index (χ0n) is 18.5. The second-order valence-corrected chi connectivity index (χ2v) is 10.3. The van der Waals surface area contributed by atoms with E-state index in [2.05, 4.69) is 25.5 Å². The summed E-state index contributed by atoms with van der Waals surface area (Å²) in [4.78, 5) is 21.6. The molecule has 36 heavy (non-hydrogen) atoms. The smallest absolute Gasteiger partial charge is 0.327 e. The van der Waals surface area contributed by atoms with Crippen LogP contribution < -0.4 is 5.32 Å². The highest BCUT2D eigenvalue weighted by molar-refractivity contribution is 7.99. The summed E-state index contributed by atoms with van der Waals surface area (Å²) in [5.74, 6) is -0.334. The number of halogens is 4. The molecule has 0 aliphatic carbocycles. The Morgan fingerprint density at radius 2 is 2.00 bits per heavy atom. The molecule has 1 amide bonds. The second kappa shape index (κ2) is 9.68. The fourth-order valence-corrected chi connectivity index (χ4v) is 5.39. The van der Waals surface area contributed by atoms with Crippen molar-refractivity contribution in [2.75, 3.05) is 11.1 Å². The number of benzene rings is 2. The van der Waals surface area contributed by atoms with Crippen LogP contribution in [0, 0.1) is 0 Å². The van der Waals surface area contributed by atoms with Crippen molar-refractivity contribution in [2.45, 2.75) is 17.8 Å². The first kappa shape index (κ1) is 24.5. The highest BCUT2D eigenvalue weighted by Crippen LogP contribution is 2.35. The average Bonchev–Trinajstić information content (AvgIpc) is 3.39. The maximum absolute atomic E-state index is 13.3. The number of nitrogens with zero attached hydrogens (tertiary/aromatic N) is 5. The van der Waals surface area contributed by atoms with Gasteiger partial charge in [-0.3, -0.25) is 4.79 Å². The van der Waals surface area contributed by atoms with Crippen LogP contribution in [0.4, 0.5) is 18.3 Å². The third-order valence-electron chi connectivity index (χ3n) is 5.36. The Morgan fingerprint density at radius 3 is 2.81 bits per heavy atom. The van der Waals surface area contributed by atoms with Gasteiger partial charge in [-0.2, -0.15) is 13.2 Å². The van der Waals surface area contributed by atoms with Crippen LogP contribution in [0.25, 0.3) is 22.1 Å². The molecule has 0 aliphatic heterocycles. The van der Waals surface area contributed by atoms with Gasteiger partial charge in [-0.05, 0) is 29.8 Å². The molecule has 0 unspecified atom stereocenters. The van der Waals surface area contributed by atoms with Crippen molar-refractivity contribution >= 4 is 67.8 Å². The van der Waals surface area contributed by atoms with Crippen molar-refractivity contribution in [2.24, 2.45) is 7.05 Å². The Bertz CT molecular complexity index is 1600. The summed E-state index contributed by atoms with van der Waals surface area (Å²) >= 11 is 8.12. The molecule has 5 aromatic rings. The van der Waals surface area contributed by atoms with Crippen molar-refractivity contribution in [1.29, 1.82) is 0 Å². The van der Waals surface area contributed by atoms with Gasteiger partial charge in [-0.1, -0.05) is 41.6 Å². The third kappa shape index (κ3) is 5.01. The highest BCUT2D eigenvalue weighted by Gasteiger charge is 2.33. The number of alkyl halides is 3. The number of aryl methyl sites for hydroxylation is 1. The van der Waals surface area contributed by atoms with Gasteiger partial charge in [0.15, 0.2) is 10.8 Å². The van der Waals surface area contributed by atoms with Crippen LogP contribution in [0.15, 0.2) is 53.8 Å².